The summed E-state index contributed by atoms with van der Waals surface area (Å²) in [6.07, 6.45) is 1.87. The number of fused-ring (bicyclic) bond motifs is 1. The molecule has 0 unspecified atom stereocenters. The molecule has 3 aromatic rings. The lowest BCUT2D eigenvalue weighted by atomic mass is 10.1. The maximum atomic E-state index is 12.7. The Hall–Kier alpha value is -3.42. The third-order valence-electron chi connectivity index (χ3n) is 4.45. The summed E-state index contributed by atoms with van der Waals surface area (Å²) >= 11 is 6.35. The lowest BCUT2D eigenvalue weighted by Crippen LogP contribution is -2.35. The largest absolute Gasteiger partial charge is 0.497 e. The van der Waals surface area contributed by atoms with Crippen LogP contribution in [0.5, 0.6) is 5.75 Å². The van der Waals surface area contributed by atoms with Crippen LogP contribution in [0.1, 0.15) is 22.3 Å². The van der Waals surface area contributed by atoms with Crippen molar-refractivity contribution >= 4 is 40.4 Å². The van der Waals surface area contributed by atoms with Crippen molar-refractivity contribution < 1.29 is 19.4 Å². The van der Waals surface area contributed by atoms with Crippen molar-refractivity contribution in [1.82, 2.24) is 15.6 Å². The number of amides is 2. The second kappa shape index (κ2) is 10.6. The number of aromatic nitrogens is 1. The van der Waals surface area contributed by atoms with E-state index in [0.29, 0.717) is 28.8 Å². The highest BCUT2D eigenvalue weighted by Crippen LogP contribution is 2.25. The Labute approximate surface area is 184 Å². The molecule has 0 aliphatic rings. The fraction of sp³-hybridized carbons (Fsp3) is 0.174. The SMILES string of the molecule is COc1ccc2cc(/C=C(\NC(=O)c3ccccc3)C(=O)NCCCO)c(Cl)nc2c1. The number of aliphatic hydroxyl groups excluding tert-OH is 1. The second-order valence-electron chi connectivity index (χ2n) is 6.64. The van der Waals surface area contributed by atoms with E-state index in [0.717, 1.165) is 5.39 Å². The average Bonchev–Trinajstić information content (AvgIpc) is 2.79. The van der Waals surface area contributed by atoms with Crippen LogP contribution in [-0.2, 0) is 4.79 Å². The van der Waals surface area contributed by atoms with Gasteiger partial charge in [-0.15, -0.1) is 0 Å². The molecular formula is C23H22ClN3O4. The van der Waals surface area contributed by atoms with Crippen LogP contribution in [0.25, 0.3) is 17.0 Å². The van der Waals surface area contributed by atoms with E-state index in [4.69, 9.17) is 21.4 Å². The van der Waals surface area contributed by atoms with Crippen molar-refractivity contribution in [2.45, 2.75) is 6.42 Å². The van der Waals surface area contributed by atoms with Gasteiger partial charge in [-0.3, -0.25) is 9.59 Å². The van der Waals surface area contributed by atoms with Crippen molar-refractivity contribution in [3.05, 3.63) is 76.6 Å². The smallest absolute Gasteiger partial charge is 0.267 e. The van der Waals surface area contributed by atoms with E-state index in [-0.39, 0.29) is 24.0 Å². The summed E-state index contributed by atoms with van der Waals surface area (Å²) in [6.45, 7) is 0.205. The van der Waals surface area contributed by atoms with Gasteiger partial charge >= 0.3 is 0 Å². The van der Waals surface area contributed by atoms with Crippen molar-refractivity contribution in [3.8, 4) is 5.75 Å². The van der Waals surface area contributed by atoms with Crippen molar-refractivity contribution in [3.63, 3.8) is 0 Å². The standard InChI is InChI=1S/C23H22ClN3O4/c1-31-18-9-8-16-12-17(21(24)26-19(16)14-18)13-20(23(30)25-10-5-11-28)27-22(29)15-6-3-2-4-7-15/h2-4,6-9,12-14,28H,5,10-11H2,1H3,(H,25,30)(H,27,29)/b20-13-. The van der Waals surface area contributed by atoms with Crippen LogP contribution in [0.4, 0.5) is 0 Å². The molecule has 0 bridgehead atoms. The molecule has 7 nitrogen and oxygen atoms in total. The van der Waals surface area contributed by atoms with Gasteiger partial charge in [0.25, 0.3) is 11.8 Å². The summed E-state index contributed by atoms with van der Waals surface area (Å²) in [7, 11) is 1.57. The number of nitrogens with zero attached hydrogens (tertiary/aromatic N) is 1. The molecule has 0 aliphatic carbocycles. The molecule has 160 valence electrons. The molecule has 0 fully saturated rings. The molecule has 0 saturated carbocycles. The number of aliphatic hydroxyl groups is 1. The number of carbonyl (C=O) groups excluding carboxylic acids is 2. The summed E-state index contributed by atoms with van der Waals surface area (Å²) in [5, 5.41) is 15.2. The summed E-state index contributed by atoms with van der Waals surface area (Å²) < 4.78 is 5.21. The molecule has 0 saturated heterocycles. The van der Waals surface area contributed by atoms with E-state index in [2.05, 4.69) is 15.6 Å². The molecule has 1 heterocycles. The van der Waals surface area contributed by atoms with Crippen LogP contribution < -0.4 is 15.4 Å². The van der Waals surface area contributed by atoms with Crippen molar-refractivity contribution in [2.75, 3.05) is 20.3 Å². The Balaban J connectivity index is 1.96. The topological polar surface area (TPSA) is 101 Å². The molecule has 3 N–H and O–H groups in total. The van der Waals surface area contributed by atoms with E-state index in [1.807, 2.05) is 6.07 Å². The molecule has 3 rings (SSSR count). The Bertz CT molecular complexity index is 1120. The predicted octanol–water partition coefficient (Wildman–Crippen LogP) is 3.17. The number of benzene rings is 2. The van der Waals surface area contributed by atoms with Crippen molar-refractivity contribution in [2.24, 2.45) is 0 Å². The van der Waals surface area contributed by atoms with Gasteiger partial charge < -0.3 is 20.5 Å². The van der Waals surface area contributed by atoms with Gasteiger partial charge in [-0.1, -0.05) is 29.8 Å². The van der Waals surface area contributed by atoms with Gasteiger partial charge in [0.05, 0.1) is 12.6 Å². The van der Waals surface area contributed by atoms with Gasteiger partial charge in [-0.2, -0.15) is 0 Å². The van der Waals surface area contributed by atoms with Gasteiger partial charge in [-0.25, -0.2) is 4.98 Å². The Morgan fingerprint density at radius 1 is 1.16 bits per heavy atom. The molecule has 0 spiro atoms. The number of rotatable bonds is 8. The van der Waals surface area contributed by atoms with Crippen LogP contribution in [0.2, 0.25) is 5.15 Å². The van der Waals surface area contributed by atoms with Crippen LogP contribution >= 0.6 is 11.6 Å². The molecule has 2 aromatic carbocycles. The molecule has 1 aromatic heterocycles. The summed E-state index contributed by atoms with van der Waals surface area (Å²) in [4.78, 5) is 29.7. The molecule has 0 atom stereocenters. The van der Waals surface area contributed by atoms with Crippen LogP contribution in [0, 0.1) is 0 Å². The first-order chi connectivity index (χ1) is 15.0. The zero-order chi connectivity index (χ0) is 22.2. The van der Waals surface area contributed by atoms with Gasteiger partial charge in [0.1, 0.15) is 16.6 Å². The Morgan fingerprint density at radius 3 is 2.65 bits per heavy atom. The molecule has 31 heavy (non-hydrogen) atoms. The van der Waals surface area contributed by atoms with Gasteiger partial charge in [0.2, 0.25) is 0 Å². The van der Waals surface area contributed by atoms with E-state index in [1.165, 1.54) is 6.08 Å². The fourth-order valence-electron chi connectivity index (χ4n) is 2.84. The highest BCUT2D eigenvalue weighted by molar-refractivity contribution is 6.31. The molecule has 2 amide bonds. The minimum absolute atomic E-state index is 0.0170. The normalized spacial score (nSPS) is 11.3. The minimum Gasteiger partial charge on any atom is -0.497 e. The van der Waals surface area contributed by atoms with E-state index < -0.39 is 11.8 Å². The maximum Gasteiger partial charge on any atom is 0.267 e. The van der Waals surface area contributed by atoms with Gasteiger partial charge in [0, 0.05) is 35.7 Å². The molecule has 0 radical (unpaired) electrons. The van der Waals surface area contributed by atoms with E-state index >= 15 is 0 Å². The van der Waals surface area contributed by atoms with Crippen LogP contribution in [0.15, 0.2) is 60.3 Å². The average molecular weight is 440 g/mol. The monoisotopic (exact) mass is 439 g/mol. The summed E-state index contributed by atoms with van der Waals surface area (Å²) in [5.74, 6) is -0.277. The molecule has 0 aliphatic heterocycles. The first-order valence-electron chi connectivity index (χ1n) is 9.63. The zero-order valence-corrected chi connectivity index (χ0v) is 17.6. The fourth-order valence-corrected chi connectivity index (χ4v) is 3.04. The first kappa shape index (κ1) is 22.3. The van der Waals surface area contributed by atoms with Gasteiger partial charge in [-0.05, 0) is 42.8 Å². The predicted molar refractivity (Wildman–Crippen MR) is 120 cm³/mol. The number of pyridine rings is 1. The number of hydrogen-bond donors (Lipinski definition) is 3. The van der Waals surface area contributed by atoms with Crippen LogP contribution in [0.3, 0.4) is 0 Å². The third kappa shape index (κ3) is 5.81. The lowest BCUT2D eigenvalue weighted by Gasteiger charge is -2.12. The zero-order valence-electron chi connectivity index (χ0n) is 16.9. The number of methoxy groups -OCH3 is 1. The second-order valence-corrected chi connectivity index (χ2v) is 7.00. The number of hydrogen-bond acceptors (Lipinski definition) is 5. The highest BCUT2D eigenvalue weighted by Gasteiger charge is 2.16. The number of carbonyl (C=O) groups is 2. The maximum absolute atomic E-state index is 12.7. The Morgan fingerprint density at radius 2 is 1.94 bits per heavy atom. The van der Waals surface area contributed by atoms with Crippen molar-refractivity contribution in [1.29, 1.82) is 0 Å². The highest BCUT2D eigenvalue weighted by atomic mass is 35.5. The number of nitrogens with one attached hydrogen (secondary N) is 2. The lowest BCUT2D eigenvalue weighted by molar-refractivity contribution is -0.117. The van der Waals surface area contributed by atoms with Crippen LogP contribution in [-0.4, -0.2) is 42.2 Å². The van der Waals surface area contributed by atoms with Gasteiger partial charge in [0.15, 0.2) is 0 Å². The van der Waals surface area contributed by atoms with E-state index in [1.54, 1.807) is 55.6 Å². The molecule has 8 heteroatoms. The number of ether oxygens (including phenoxy) is 1. The quantitative estimate of drug-likeness (QED) is 0.284. The number of halogens is 1. The Kier molecular flexibility index (Phi) is 7.59. The third-order valence-corrected chi connectivity index (χ3v) is 4.76. The molecular weight excluding hydrogens is 418 g/mol. The van der Waals surface area contributed by atoms with E-state index in [9.17, 15) is 9.59 Å². The summed E-state index contributed by atoms with van der Waals surface area (Å²) in [6, 6.07) is 15.7. The minimum atomic E-state index is -0.497. The first-order valence-corrected chi connectivity index (χ1v) is 10.0. The summed E-state index contributed by atoms with van der Waals surface area (Å²) in [5.41, 5.74) is 1.54.